The molecule has 0 saturated carbocycles. The number of benzene rings is 2. The Morgan fingerprint density at radius 1 is 1.19 bits per heavy atom. The van der Waals surface area contributed by atoms with Gasteiger partial charge in [-0.3, -0.25) is 4.79 Å². The maximum Gasteiger partial charge on any atom is 0.268 e. The minimum Gasteiger partial charge on any atom is -0.464 e. The molecule has 10 nitrogen and oxygen atoms in total. The first-order valence-corrected chi connectivity index (χ1v) is 11.8. The Kier molecular flexibility index (Phi) is 6.96. The number of halogens is 2. The monoisotopic (exact) mass is 532 g/mol. The van der Waals surface area contributed by atoms with Crippen molar-refractivity contribution in [2.75, 3.05) is 11.9 Å². The summed E-state index contributed by atoms with van der Waals surface area (Å²) in [6.07, 6.45) is 4.75. The summed E-state index contributed by atoms with van der Waals surface area (Å²) in [5, 5.41) is 11.4. The van der Waals surface area contributed by atoms with Crippen LogP contribution in [0.1, 0.15) is 22.1 Å². The molecule has 3 heterocycles. The molecule has 0 spiro atoms. The molecule has 12 heteroatoms. The number of aromatic nitrogens is 3. The highest BCUT2D eigenvalue weighted by molar-refractivity contribution is 6.33. The third-order valence-electron chi connectivity index (χ3n) is 5.54. The molecule has 3 aromatic heterocycles. The molecule has 0 unspecified atom stereocenters. The van der Waals surface area contributed by atoms with Gasteiger partial charge >= 0.3 is 0 Å². The number of nitrogens with zero attached hydrogens (tertiary/aromatic N) is 5. The van der Waals surface area contributed by atoms with Crippen molar-refractivity contribution >= 4 is 51.7 Å². The lowest BCUT2D eigenvalue weighted by atomic mass is 10.1. The van der Waals surface area contributed by atoms with Gasteiger partial charge in [0.2, 0.25) is 5.95 Å². The highest BCUT2D eigenvalue weighted by atomic mass is 35.5. The molecule has 0 bridgehead atoms. The molecule has 5 rings (SSSR count). The summed E-state index contributed by atoms with van der Waals surface area (Å²) in [5.74, 6) is -0.0638. The fourth-order valence-electron chi connectivity index (χ4n) is 3.78. The lowest BCUT2D eigenvalue weighted by molar-refractivity contribution is 0.0933. The number of hydrogen-bond acceptors (Lipinski definition) is 6. The molecule has 0 saturated heterocycles. The second-order valence-corrected chi connectivity index (χ2v) is 8.83. The molecule has 37 heavy (non-hydrogen) atoms. The van der Waals surface area contributed by atoms with Crippen LogP contribution in [0, 0.1) is 0 Å². The number of fused-ring (bicyclic) bond motifs is 1. The molecule has 0 fully saturated rings. The fourth-order valence-corrected chi connectivity index (χ4v) is 4.18. The number of furan rings is 1. The number of amides is 1. The van der Waals surface area contributed by atoms with Gasteiger partial charge in [0.25, 0.3) is 5.91 Å². The third kappa shape index (κ3) is 5.52. The summed E-state index contributed by atoms with van der Waals surface area (Å²) in [6.45, 7) is 0.0214. The molecule has 0 radical (unpaired) electrons. The largest absolute Gasteiger partial charge is 0.464 e. The maximum absolute atomic E-state index is 13.0. The molecule has 1 atom stereocenters. The van der Waals surface area contributed by atoms with E-state index < -0.39 is 11.9 Å². The number of rotatable bonds is 8. The zero-order valence-electron chi connectivity index (χ0n) is 19.0. The van der Waals surface area contributed by atoms with E-state index in [4.69, 9.17) is 33.2 Å². The van der Waals surface area contributed by atoms with E-state index in [1.165, 1.54) is 6.20 Å². The molecule has 2 aromatic carbocycles. The molecule has 0 aliphatic carbocycles. The minimum absolute atomic E-state index is 0.0214. The maximum atomic E-state index is 13.0. The first kappa shape index (κ1) is 24.2. The predicted molar refractivity (Wildman–Crippen MR) is 142 cm³/mol. The number of carbonyl (C=O) groups is 1. The highest BCUT2D eigenvalue weighted by Crippen LogP contribution is 2.29. The van der Waals surface area contributed by atoms with Crippen LogP contribution in [0.15, 0.2) is 82.8 Å². The summed E-state index contributed by atoms with van der Waals surface area (Å²) in [7, 11) is 0. The van der Waals surface area contributed by atoms with Crippen LogP contribution in [0.4, 0.5) is 11.6 Å². The van der Waals surface area contributed by atoms with Gasteiger partial charge in [0.15, 0.2) is 0 Å². The molecule has 184 valence electrons. The Morgan fingerprint density at radius 2 is 2.08 bits per heavy atom. The van der Waals surface area contributed by atoms with E-state index >= 15 is 0 Å². The van der Waals surface area contributed by atoms with Gasteiger partial charge < -0.3 is 20.0 Å². The normalized spacial score (nSPS) is 11.6. The number of azide groups is 1. The van der Waals surface area contributed by atoms with Crippen molar-refractivity contribution in [3.8, 4) is 11.3 Å². The summed E-state index contributed by atoms with van der Waals surface area (Å²) < 4.78 is 5.37. The number of anilines is 2. The van der Waals surface area contributed by atoms with Crippen LogP contribution in [0.2, 0.25) is 10.0 Å². The van der Waals surface area contributed by atoms with Crippen molar-refractivity contribution in [1.82, 2.24) is 20.3 Å². The summed E-state index contributed by atoms with van der Waals surface area (Å²) >= 11 is 12.5. The van der Waals surface area contributed by atoms with Crippen LogP contribution in [-0.4, -0.2) is 27.4 Å². The van der Waals surface area contributed by atoms with Crippen LogP contribution >= 0.6 is 23.2 Å². The van der Waals surface area contributed by atoms with E-state index in [1.54, 1.807) is 42.8 Å². The molecule has 5 aromatic rings. The van der Waals surface area contributed by atoms with Crippen molar-refractivity contribution in [3.63, 3.8) is 0 Å². The average Bonchev–Trinajstić information content (AvgIpc) is 3.57. The van der Waals surface area contributed by atoms with Crippen molar-refractivity contribution in [3.05, 3.63) is 105 Å². The third-order valence-corrected chi connectivity index (χ3v) is 6.05. The minimum atomic E-state index is -0.570. The Labute approximate surface area is 220 Å². The van der Waals surface area contributed by atoms with Gasteiger partial charge in [0.05, 0.1) is 35.8 Å². The molecular formula is C25H18Cl2N8O2. The van der Waals surface area contributed by atoms with Crippen LogP contribution in [-0.2, 0) is 0 Å². The number of nitrogens with one attached hydrogen (secondary N) is 3. The SMILES string of the molecule is [N-]=[N+]=NC[C@@H](NC(=O)c1cc(-c2nc(Nc3ccc4occc4c3)ncc2Cl)c[nH]1)c1cccc(Cl)c1. The van der Waals surface area contributed by atoms with E-state index in [2.05, 4.69) is 35.6 Å². The number of carbonyl (C=O) groups excluding carboxylic acids is 1. The second kappa shape index (κ2) is 10.6. The molecule has 1 amide bonds. The topological polar surface area (TPSA) is 145 Å². The van der Waals surface area contributed by atoms with Gasteiger partial charge in [0.1, 0.15) is 11.3 Å². The smallest absolute Gasteiger partial charge is 0.268 e. The predicted octanol–water partition coefficient (Wildman–Crippen LogP) is 7.05. The Morgan fingerprint density at radius 3 is 2.92 bits per heavy atom. The number of aromatic amines is 1. The van der Waals surface area contributed by atoms with Crippen molar-refractivity contribution in [2.24, 2.45) is 5.11 Å². The fraction of sp³-hybridized carbons (Fsp3) is 0.0800. The molecule has 0 aliphatic rings. The Hall–Kier alpha value is -4.50. The van der Waals surface area contributed by atoms with Crippen LogP contribution in [0.3, 0.4) is 0 Å². The zero-order valence-corrected chi connectivity index (χ0v) is 20.5. The van der Waals surface area contributed by atoms with Gasteiger partial charge in [-0.15, -0.1) is 0 Å². The van der Waals surface area contributed by atoms with E-state index in [1.807, 2.05) is 24.3 Å². The summed E-state index contributed by atoms with van der Waals surface area (Å²) in [6, 6.07) is 15.5. The summed E-state index contributed by atoms with van der Waals surface area (Å²) in [5.41, 5.74) is 12.3. The van der Waals surface area contributed by atoms with Gasteiger partial charge in [-0.1, -0.05) is 40.4 Å². The van der Waals surface area contributed by atoms with E-state index in [-0.39, 0.29) is 12.2 Å². The zero-order chi connectivity index (χ0) is 25.8. The van der Waals surface area contributed by atoms with Crippen molar-refractivity contribution in [1.29, 1.82) is 0 Å². The lowest BCUT2D eigenvalue weighted by Crippen LogP contribution is -2.30. The number of H-pyrrole nitrogens is 1. The van der Waals surface area contributed by atoms with E-state index in [0.717, 1.165) is 16.7 Å². The average molecular weight is 533 g/mol. The van der Waals surface area contributed by atoms with Crippen molar-refractivity contribution < 1.29 is 9.21 Å². The molecule has 3 N–H and O–H groups in total. The Bertz CT molecular complexity index is 1640. The molecule has 0 aliphatic heterocycles. The summed E-state index contributed by atoms with van der Waals surface area (Å²) in [4.78, 5) is 27.6. The second-order valence-electron chi connectivity index (χ2n) is 7.98. The first-order chi connectivity index (χ1) is 18.0. The van der Waals surface area contributed by atoms with Gasteiger partial charge in [-0.2, -0.15) is 0 Å². The van der Waals surface area contributed by atoms with Gasteiger partial charge in [-0.05, 0) is 53.6 Å². The van der Waals surface area contributed by atoms with Crippen LogP contribution < -0.4 is 10.6 Å². The van der Waals surface area contributed by atoms with Crippen molar-refractivity contribution in [2.45, 2.75) is 6.04 Å². The van der Waals surface area contributed by atoms with E-state index in [9.17, 15) is 4.79 Å². The van der Waals surface area contributed by atoms with E-state index in [0.29, 0.717) is 32.8 Å². The molecular weight excluding hydrogens is 515 g/mol. The highest BCUT2D eigenvalue weighted by Gasteiger charge is 2.18. The van der Waals surface area contributed by atoms with Crippen LogP contribution in [0.25, 0.3) is 32.7 Å². The number of hydrogen-bond donors (Lipinski definition) is 3. The lowest BCUT2D eigenvalue weighted by Gasteiger charge is -2.17. The van der Waals surface area contributed by atoms with Gasteiger partial charge in [0, 0.05) is 32.8 Å². The van der Waals surface area contributed by atoms with Crippen LogP contribution in [0.5, 0.6) is 0 Å². The van der Waals surface area contributed by atoms with Gasteiger partial charge in [-0.25, -0.2) is 9.97 Å². The standard InChI is InChI=1S/C25H18Cl2N8O2/c26-17-3-1-2-14(8-17)21(13-31-35-28)33-24(36)20-10-16(11-29-20)23-19(27)12-30-25(34-23)32-18-4-5-22-15(9-18)6-7-37-22/h1-12,21,29H,13H2,(H,33,36)(H,30,32,34)/t21-/m1/s1. The first-order valence-electron chi connectivity index (χ1n) is 11.0. The quantitative estimate of drug-likeness (QED) is 0.111. The Balaban J connectivity index is 1.36.